The molecule has 2 heterocycles. The normalized spacial score (nSPS) is 15.0. The summed E-state index contributed by atoms with van der Waals surface area (Å²) in [6.07, 6.45) is -5.63. The number of rotatable bonds is 8. The van der Waals surface area contributed by atoms with Crippen molar-refractivity contribution in [2.24, 2.45) is 0 Å². The van der Waals surface area contributed by atoms with Crippen molar-refractivity contribution in [1.29, 1.82) is 5.26 Å². The van der Waals surface area contributed by atoms with Crippen LogP contribution in [0.25, 0.3) is 0 Å². The Morgan fingerprint density at radius 3 is 2.10 bits per heavy atom. The molecule has 0 saturated carbocycles. The van der Waals surface area contributed by atoms with Crippen LogP contribution in [0.2, 0.25) is 0 Å². The first-order valence-electron chi connectivity index (χ1n) is 14.1. The van der Waals surface area contributed by atoms with Crippen molar-refractivity contribution in [3.8, 4) is 6.07 Å². The number of alkyl halides is 6. The third kappa shape index (κ3) is 11.7. The van der Waals surface area contributed by atoms with Crippen molar-refractivity contribution in [1.82, 2.24) is 14.5 Å². The van der Waals surface area contributed by atoms with Crippen molar-refractivity contribution < 1.29 is 55.7 Å². The number of imidazole rings is 1. The number of aryl methyl sites for hydroxylation is 1. The van der Waals surface area contributed by atoms with Gasteiger partial charge in [0, 0.05) is 51.3 Å². The largest absolute Gasteiger partial charge is 0.490 e. The third-order valence-electron chi connectivity index (χ3n) is 7.16. The van der Waals surface area contributed by atoms with E-state index in [0.29, 0.717) is 38.3 Å². The number of carbonyl (C=O) groups excluding carboxylic acids is 1. The first kappa shape index (κ1) is 39.2. The molecule has 0 unspecified atom stereocenters. The molecule has 1 amide bonds. The average molecular weight is 686 g/mol. The van der Waals surface area contributed by atoms with Crippen molar-refractivity contribution in [3.63, 3.8) is 0 Å². The highest BCUT2D eigenvalue weighted by Gasteiger charge is 2.39. The zero-order chi connectivity index (χ0) is 36.2. The maximum atomic E-state index is 13.3. The van der Waals surface area contributed by atoms with E-state index in [9.17, 15) is 31.1 Å². The van der Waals surface area contributed by atoms with Crippen LogP contribution in [0.5, 0.6) is 0 Å². The lowest BCUT2D eigenvalue weighted by atomic mass is 10.0. The lowest BCUT2D eigenvalue weighted by Crippen LogP contribution is -2.56. The molecule has 11 nitrogen and oxygen atoms in total. The molecule has 48 heavy (non-hydrogen) atoms. The lowest BCUT2D eigenvalue weighted by Gasteiger charge is -2.41. The summed E-state index contributed by atoms with van der Waals surface area (Å²) in [4.78, 5) is 39.6. The zero-order valence-electron chi connectivity index (χ0n) is 26.0. The molecular formula is C31H33F6N5O6. The Morgan fingerprint density at radius 2 is 1.58 bits per heavy atom. The van der Waals surface area contributed by atoms with Gasteiger partial charge in [0.15, 0.2) is 0 Å². The number of halogens is 6. The van der Waals surface area contributed by atoms with Crippen LogP contribution < -0.4 is 4.90 Å². The summed E-state index contributed by atoms with van der Waals surface area (Å²) in [6, 6.07) is 16.1. The minimum atomic E-state index is -5.08. The number of carbonyl (C=O) groups is 3. The van der Waals surface area contributed by atoms with Gasteiger partial charge in [-0.25, -0.2) is 14.6 Å². The lowest BCUT2D eigenvalue weighted by molar-refractivity contribution is -0.193. The van der Waals surface area contributed by atoms with Crippen molar-refractivity contribution in [2.45, 2.75) is 51.8 Å². The van der Waals surface area contributed by atoms with Gasteiger partial charge in [-0.2, -0.15) is 31.6 Å². The van der Waals surface area contributed by atoms with E-state index in [1.807, 2.05) is 53.8 Å². The molecule has 4 rings (SSSR count). The Hall–Kier alpha value is -4.95. The van der Waals surface area contributed by atoms with Crippen LogP contribution in [0.1, 0.15) is 34.4 Å². The Bertz CT molecular complexity index is 1560. The predicted molar refractivity (Wildman–Crippen MR) is 159 cm³/mol. The Labute approximate surface area is 271 Å². The molecule has 0 radical (unpaired) electrons. The molecule has 0 aliphatic carbocycles. The van der Waals surface area contributed by atoms with Gasteiger partial charge in [0.25, 0.3) is 0 Å². The van der Waals surface area contributed by atoms with E-state index in [2.05, 4.69) is 40.4 Å². The van der Waals surface area contributed by atoms with Gasteiger partial charge in [0.1, 0.15) is 0 Å². The maximum Gasteiger partial charge on any atom is 0.490 e. The van der Waals surface area contributed by atoms with Gasteiger partial charge >= 0.3 is 24.3 Å². The molecule has 1 saturated heterocycles. The number of ether oxygens (including phenoxy) is 1. The minimum absolute atomic E-state index is 0.112. The molecule has 260 valence electrons. The average Bonchev–Trinajstić information content (AvgIpc) is 3.44. The van der Waals surface area contributed by atoms with Crippen LogP contribution in [0.4, 0.5) is 32.0 Å². The topological polar surface area (TPSA) is 149 Å². The fraction of sp³-hybridized carbons (Fsp3) is 0.387. The van der Waals surface area contributed by atoms with Gasteiger partial charge < -0.3 is 24.4 Å². The van der Waals surface area contributed by atoms with Crippen molar-refractivity contribution in [2.75, 3.05) is 31.7 Å². The number of aliphatic carboxylic acids is 2. The SMILES string of the molecule is COCC[C@H]1CN(c2cccc(C)c2C)C(=O)CN1Cc1cncn1Cc1ccc(C#N)cc1.O=C(O)C(F)(F)F.O=C(O)C(F)(F)F. The van der Waals surface area contributed by atoms with Crippen LogP contribution in [-0.4, -0.2) is 87.7 Å². The standard InChI is InChI=1S/C27H31N5O2.2C2HF3O2/c1-20-5-4-6-26(21(20)2)32-17-24(11-12-34-3)30(18-27(32)33)16-25-14-29-19-31(25)15-23-9-7-22(13-28)8-10-23;2*3-2(4,5)1(6)7/h4-10,14,19,24H,11-12,15-18H2,1-3H3;2*(H,6,7)/t24-;;/m0../s1. The van der Waals surface area contributed by atoms with Crippen LogP contribution >= 0.6 is 0 Å². The quantitative estimate of drug-likeness (QED) is 0.315. The fourth-order valence-corrected chi connectivity index (χ4v) is 4.50. The number of aromatic nitrogens is 2. The number of hydrogen-bond donors (Lipinski definition) is 2. The monoisotopic (exact) mass is 685 g/mol. The summed E-state index contributed by atoms with van der Waals surface area (Å²) in [7, 11) is 1.72. The van der Waals surface area contributed by atoms with Crippen LogP contribution in [0.3, 0.4) is 0 Å². The number of amides is 1. The molecule has 1 aliphatic rings. The summed E-state index contributed by atoms with van der Waals surface area (Å²) in [6.45, 7) is 7.09. The summed E-state index contributed by atoms with van der Waals surface area (Å²) in [5.74, 6) is -5.40. The number of nitriles is 1. The summed E-state index contributed by atoms with van der Waals surface area (Å²) in [5, 5.41) is 23.3. The van der Waals surface area contributed by atoms with Gasteiger partial charge in [-0.3, -0.25) is 9.69 Å². The van der Waals surface area contributed by atoms with E-state index in [1.54, 1.807) is 7.11 Å². The van der Waals surface area contributed by atoms with Gasteiger partial charge in [0.05, 0.1) is 30.2 Å². The van der Waals surface area contributed by atoms with Crippen molar-refractivity contribution >= 4 is 23.5 Å². The molecule has 3 aromatic rings. The molecule has 2 N–H and O–H groups in total. The Morgan fingerprint density at radius 1 is 1.00 bits per heavy atom. The molecule has 0 spiro atoms. The summed E-state index contributed by atoms with van der Waals surface area (Å²) < 4.78 is 71.0. The van der Waals surface area contributed by atoms with Gasteiger partial charge in [-0.1, -0.05) is 24.3 Å². The number of benzene rings is 2. The molecule has 1 fully saturated rings. The predicted octanol–water partition coefficient (Wildman–Crippen LogP) is 4.94. The third-order valence-corrected chi connectivity index (χ3v) is 7.16. The number of hydrogen-bond acceptors (Lipinski definition) is 7. The Balaban J connectivity index is 0.000000479. The number of carboxylic acids is 2. The second-order valence-corrected chi connectivity index (χ2v) is 10.5. The van der Waals surface area contributed by atoms with Crippen LogP contribution in [-0.2, 0) is 32.2 Å². The summed E-state index contributed by atoms with van der Waals surface area (Å²) in [5.41, 5.74) is 6.14. The second kappa shape index (κ2) is 17.3. The molecule has 1 atom stereocenters. The molecular weight excluding hydrogens is 652 g/mol. The number of piperazine rings is 1. The number of nitrogens with zero attached hydrogens (tertiary/aromatic N) is 5. The first-order valence-corrected chi connectivity index (χ1v) is 14.1. The van der Waals surface area contributed by atoms with Crippen LogP contribution in [0.15, 0.2) is 55.0 Å². The van der Waals surface area contributed by atoms with E-state index < -0.39 is 24.3 Å². The zero-order valence-corrected chi connectivity index (χ0v) is 26.0. The first-order chi connectivity index (χ1) is 22.4. The van der Waals surface area contributed by atoms with Crippen LogP contribution in [0, 0.1) is 25.2 Å². The smallest absolute Gasteiger partial charge is 0.475 e. The van der Waals surface area contributed by atoms with Crippen molar-refractivity contribution in [3.05, 3.63) is 82.9 Å². The van der Waals surface area contributed by atoms with E-state index in [4.69, 9.17) is 29.8 Å². The second-order valence-electron chi connectivity index (χ2n) is 10.5. The maximum absolute atomic E-state index is 13.3. The number of anilines is 1. The Kier molecular flexibility index (Phi) is 14.1. The highest BCUT2D eigenvalue weighted by Crippen LogP contribution is 2.28. The molecule has 17 heteroatoms. The van der Waals surface area contributed by atoms with E-state index >= 15 is 0 Å². The highest BCUT2D eigenvalue weighted by molar-refractivity contribution is 5.96. The molecule has 1 aromatic heterocycles. The van der Waals surface area contributed by atoms with E-state index in [0.717, 1.165) is 28.9 Å². The fourth-order valence-electron chi connectivity index (χ4n) is 4.50. The molecule has 2 aromatic carbocycles. The summed E-state index contributed by atoms with van der Waals surface area (Å²) >= 11 is 0. The van der Waals surface area contributed by atoms with Gasteiger partial charge in [0.2, 0.25) is 5.91 Å². The van der Waals surface area contributed by atoms with Gasteiger partial charge in [-0.05, 0) is 55.2 Å². The van der Waals surface area contributed by atoms with E-state index in [-0.39, 0.29) is 11.9 Å². The highest BCUT2D eigenvalue weighted by atomic mass is 19.4. The molecule has 1 aliphatic heterocycles. The number of carboxylic acid groups (broad SMARTS) is 2. The number of methoxy groups -OCH3 is 1. The minimum Gasteiger partial charge on any atom is -0.475 e. The van der Waals surface area contributed by atoms with Gasteiger partial charge in [-0.15, -0.1) is 0 Å². The van der Waals surface area contributed by atoms with E-state index in [1.165, 1.54) is 5.56 Å². The molecule has 0 bridgehead atoms.